The van der Waals surface area contributed by atoms with Gasteiger partial charge in [-0.25, -0.2) is 0 Å². The number of primary amides is 1. The number of nitrogens with one attached hydrogen (secondary N) is 1. The van der Waals surface area contributed by atoms with Gasteiger partial charge in [-0.15, -0.1) is 0 Å². The molecule has 2 unspecified atom stereocenters. The third kappa shape index (κ3) is 6.85. The summed E-state index contributed by atoms with van der Waals surface area (Å²) in [5, 5.41) is 2.84. The van der Waals surface area contributed by atoms with Gasteiger partial charge < -0.3 is 11.1 Å². The Labute approximate surface area is 139 Å². The van der Waals surface area contributed by atoms with Crippen LogP contribution in [-0.2, 0) is 16.0 Å². The van der Waals surface area contributed by atoms with Gasteiger partial charge in [-0.05, 0) is 43.6 Å². The molecule has 1 aromatic rings. The lowest BCUT2D eigenvalue weighted by Gasteiger charge is -2.29. The van der Waals surface area contributed by atoms with E-state index in [0.29, 0.717) is 12.8 Å². The van der Waals surface area contributed by atoms with Crippen LogP contribution in [0.4, 0.5) is 0 Å². The molecule has 0 fully saturated rings. The fourth-order valence-electron chi connectivity index (χ4n) is 2.86. The summed E-state index contributed by atoms with van der Waals surface area (Å²) >= 11 is 0. The van der Waals surface area contributed by atoms with Gasteiger partial charge in [0.05, 0.1) is 0 Å². The highest BCUT2D eigenvalue weighted by Gasteiger charge is 2.33. The van der Waals surface area contributed by atoms with Crippen LogP contribution in [0.15, 0.2) is 30.3 Å². The van der Waals surface area contributed by atoms with E-state index in [1.54, 1.807) is 6.92 Å². The largest absolute Gasteiger partial charge is 0.368 e. The molecule has 2 amide bonds. The van der Waals surface area contributed by atoms with Crippen molar-refractivity contribution >= 4 is 11.8 Å². The molecule has 0 aliphatic rings. The summed E-state index contributed by atoms with van der Waals surface area (Å²) in [6.07, 6.45) is 2.85. The molecule has 0 aliphatic carbocycles. The SMILES string of the molecule is CC(C)CC(C)(NC(=O)CC(C)CCc1ccccc1)C(N)=O. The molecule has 1 aromatic carbocycles. The average molecular weight is 318 g/mol. The molecular formula is C19H30N2O2. The number of carbonyl (C=O) groups excluding carboxylic acids is 2. The molecule has 1 rings (SSSR count). The van der Waals surface area contributed by atoms with Crippen molar-refractivity contribution in [2.75, 3.05) is 0 Å². The Kier molecular flexibility index (Phi) is 7.27. The lowest BCUT2D eigenvalue weighted by atomic mass is 9.89. The van der Waals surface area contributed by atoms with Gasteiger partial charge >= 0.3 is 0 Å². The molecule has 4 heteroatoms. The molecule has 128 valence electrons. The lowest BCUT2D eigenvalue weighted by molar-refractivity contribution is -0.132. The number of benzene rings is 1. The fraction of sp³-hybridized carbons (Fsp3) is 0.579. The third-order valence-corrected chi connectivity index (χ3v) is 4.08. The topological polar surface area (TPSA) is 72.2 Å². The molecule has 0 radical (unpaired) electrons. The van der Waals surface area contributed by atoms with Gasteiger partial charge in [0.2, 0.25) is 11.8 Å². The summed E-state index contributed by atoms with van der Waals surface area (Å²) in [7, 11) is 0. The van der Waals surface area contributed by atoms with Crippen LogP contribution >= 0.6 is 0 Å². The highest BCUT2D eigenvalue weighted by molar-refractivity contribution is 5.90. The van der Waals surface area contributed by atoms with E-state index in [0.717, 1.165) is 12.8 Å². The first-order valence-corrected chi connectivity index (χ1v) is 8.38. The van der Waals surface area contributed by atoms with Gasteiger partial charge in [0.1, 0.15) is 5.54 Å². The number of hydrogen-bond acceptors (Lipinski definition) is 2. The second-order valence-corrected chi connectivity index (χ2v) is 7.18. The highest BCUT2D eigenvalue weighted by atomic mass is 16.2. The summed E-state index contributed by atoms with van der Waals surface area (Å²) in [6, 6.07) is 10.2. The van der Waals surface area contributed by atoms with Crippen molar-refractivity contribution in [1.29, 1.82) is 0 Å². The van der Waals surface area contributed by atoms with Crippen molar-refractivity contribution in [3.05, 3.63) is 35.9 Å². The predicted molar refractivity (Wildman–Crippen MR) is 93.7 cm³/mol. The second-order valence-electron chi connectivity index (χ2n) is 7.18. The number of aryl methyl sites for hydroxylation is 1. The molecule has 0 aromatic heterocycles. The maximum atomic E-state index is 12.2. The van der Waals surface area contributed by atoms with Gasteiger partial charge in [0.15, 0.2) is 0 Å². The van der Waals surface area contributed by atoms with Crippen LogP contribution in [-0.4, -0.2) is 17.4 Å². The first kappa shape index (κ1) is 19.2. The number of hydrogen-bond donors (Lipinski definition) is 2. The zero-order valence-electron chi connectivity index (χ0n) is 14.8. The van der Waals surface area contributed by atoms with E-state index >= 15 is 0 Å². The summed E-state index contributed by atoms with van der Waals surface area (Å²) in [5.74, 6) is -0.0429. The van der Waals surface area contributed by atoms with Crippen LogP contribution in [0.1, 0.15) is 52.5 Å². The van der Waals surface area contributed by atoms with E-state index in [4.69, 9.17) is 5.73 Å². The Morgan fingerprint density at radius 3 is 2.30 bits per heavy atom. The van der Waals surface area contributed by atoms with Crippen LogP contribution in [0.2, 0.25) is 0 Å². The molecule has 23 heavy (non-hydrogen) atoms. The zero-order valence-corrected chi connectivity index (χ0v) is 14.8. The van der Waals surface area contributed by atoms with Crippen LogP contribution in [0.25, 0.3) is 0 Å². The first-order valence-electron chi connectivity index (χ1n) is 8.38. The summed E-state index contributed by atoms with van der Waals surface area (Å²) < 4.78 is 0. The van der Waals surface area contributed by atoms with E-state index in [2.05, 4.69) is 24.4 Å². The average Bonchev–Trinajstić information content (AvgIpc) is 2.45. The van der Waals surface area contributed by atoms with Gasteiger partial charge in [0, 0.05) is 6.42 Å². The predicted octanol–water partition coefficient (Wildman–Crippen LogP) is 3.05. The number of carbonyl (C=O) groups is 2. The van der Waals surface area contributed by atoms with Crippen molar-refractivity contribution in [1.82, 2.24) is 5.32 Å². The minimum absolute atomic E-state index is 0.104. The summed E-state index contributed by atoms with van der Waals surface area (Å²) in [4.78, 5) is 23.9. The molecule has 0 aliphatic heterocycles. The molecule has 0 saturated carbocycles. The maximum absolute atomic E-state index is 12.2. The first-order chi connectivity index (χ1) is 10.7. The van der Waals surface area contributed by atoms with E-state index in [1.165, 1.54) is 5.56 Å². The van der Waals surface area contributed by atoms with E-state index in [-0.39, 0.29) is 17.7 Å². The van der Waals surface area contributed by atoms with Gasteiger partial charge in [-0.2, -0.15) is 0 Å². The van der Waals surface area contributed by atoms with Crippen LogP contribution in [0, 0.1) is 11.8 Å². The number of amides is 2. The van der Waals surface area contributed by atoms with Gasteiger partial charge in [0.25, 0.3) is 0 Å². The van der Waals surface area contributed by atoms with Gasteiger partial charge in [-0.1, -0.05) is 51.1 Å². The quantitative estimate of drug-likeness (QED) is 0.734. The molecule has 2 atom stereocenters. The molecule has 0 heterocycles. The lowest BCUT2D eigenvalue weighted by Crippen LogP contribution is -2.56. The molecule has 4 nitrogen and oxygen atoms in total. The van der Waals surface area contributed by atoms with Crippen LogP contribution in [0.5, 0.6) is 0 Å². The number of nitrogens with two attached hydrogens (primary N) is 1. The van der Waals surface area contributed by atoms with Crippen molar-refractivity contribution in [2.45, 2.75) is 58.9 Å². The maximum Gasteiger partial charge on any atom is 0.242 e. The Bertz CT molecular complexity index is 513. The van der Waals surface area contributed by atoms with Crippen LogP contribution in [0.3, 0.4) is 0 Å². The zero-order chi connectivity index (χ0) is 17.5. The Hall–Kier alpha value is -1.84. The van der Waals surface area contributed by atoms with Crippen molar-refractivity contribution in [2.24, 2.45) is 17.6 Å². The van der Waals surface area contributed by atoms with E-state index in [9.17, 15) is 9.59 Å². The molecule has 3 N–H and O–H groups in total. The van der Waals surface area contributed by atoms with Crippen molar-refractivity contribution in [3.63, 3.8) is 0 Å². The van der Waals surface area contributed by atoms with Crippen molar-refractivity contribution in [3.8, 4) is 0 Å². The third-order valence-electron chi connectivity index (χ3n) is 4.08. The monoisotopic (exact) mass is 318 g/mol. The van der Waals surface area contributed by atoms with Crippen LogP contribution < -0.4 is 11.1 Å². The molecule has 0 saturated heterocycles. The Morgan fingerprint density at radius 2 is 1.78 bits per heavy atom. The summed E-state index contributed by atoms with van der Waals surface area (Å²) in [6.45, 7) is 7.79. The highest BCUT2D eigenvalue weighted by Crippen LogP contribution is 2.18. The van der Waals surface area contributed by atoms with Crippen molar-refractivity contribution < 1.29 is 9.59 Å². The molecule has 0 bridgehead atoms. The Morgan fingerprint density at radius 1 is 1.17 bits per heavy atom. The fourth-order valence-corrected chi connectivity index (χ4v) is 2.86. The van der Waals surface area contributed by atoms with Gasteiger partial charge in [-0.3, -0.25) is 9.59 Å². The minimum Gasteiger partial charge on any atom is -0.368 e. The summed E-state index contributed by atoms with van der Waals surface area (Å²) in [5.41, 5.74) is 5.79. The minimum atomic E-state index is -0.968. The normalized spacial score (nSPS) is 15.0. The molecule has 0 spiro atoms. The second kappa shape index (κ2) is 8.70. The standard InChI is InChI=1S/C19H30N2O2/c1-14(2)13-19(4,18(20)23)21-17(22)12-15(3)10-11-16-8-6-5-7-9-16/h5-9,14-15H,10-13H2,1-4H3,(H2,20,23)(H,21,22). The molecular weight excluding hydrogens is 288 g/mol. The Balaban J connectivity index is 2.49. The number of rotatable bonds is 9. The smallest absolute Gasteiger partial charge is 0.242 e. The van der Waals surface area contributed by atoms with E-state index in [1.807, 2.05) is 32.0 Å². The van der Waals surface area contributed by atoms with E-state index < -0.39 is 11.4 Å².